The zero-order valence-electron chi connectivity index (χ0n) is 26.5. The minimum absolute atomic E-state index is 0.597. The maximum atomic E-state index is 6.45. The van der Waals surface area contributed by atoms with Gasteiger partial charge in [0.05, 0.1) is 0 Å². The second kappa shape index (κ2) is 12.2. The quantitative estimate of drug-likeness (QED) is 0.184. The van der Waals surface area contributed by atoms with Gasteiger partial charge in [-0.05, 0) is 51.6 Å². The third kappa shape index (κ3) is 5.45. The predicted molar refractivity (Wildman–Crippen MR) is 200 cm³/mol. The number of benzene rings is 7. The van der Waals surface area contributed by atoms with Gasteiger partial charge in [-0.1, -0.05) is 158 Å². The van der Waals surface area contributed by atoms with Crippen molar-refractivity contribution in [1.29, 1.82) is 0 Å². The minimum Gasteiger partial charge on any atom is -0.456 e. The summed E-state index contributed by atoms with van der Waals surface area (Å²) in [5.74, 6) is 1.82. The van der Waals surface area contributed by atoms with Crippen molar-refractivity contribution in [3.8, 4) is 67.5 Å². The van der Waals surface area contributed by atoms with E-state index in [0.29, 0.717) is 17.5 Å². The first-order valence-corrected chi connectivity index (χ1v) is 16.4. The molecule has 0 radical (unpaired) electrons. The SMILES string of the molecule is c1ccc(-c2ccc(-c3nc(-c4ccc(-c5ccccc5)cc4)nc(-c4cccc5oc6cc(-c7ccccc7)ccc6c45)n3)cc2)cc1. The zero-order chi connectivity index (χ0) is 32.6. The second-order valence-corrected chi connectivity index (χ2v) is 12.1. The van der Waals surface area contributed by atoms with E-state index in [4.69, 9.17) is 19.4 Å². The smallest absolute Gasteiger partial charge is 0.164 e. The number of hydrogen-bond donors (Lipinski definition) is 0. The van der Waals surface area contributed by atoms with E-state index in [1.54, 1.807) is 0 Å². The van der Waals surface area contributed by atoms with E-state index in [1.807, 2.05) is 30.3 Å². The molecule has 0 saturated carbocycles. The van der Waals surface area contributed by atoms with Crippen LogP contribution in [-0.4, -0.2) is 15.0 Å². The maximum absolute atomic E-state index is 6.45. The van der Waals surface area contributed by atoms with Gasteiger partial charge < -0.3 is 4.42 Å². The average Bonchev–Trinajstić information content (AvgIpc) is 3.57. The fourth-order valence-electron chi connectivity index (χ4n) is 6.46. The first-order valence-electron chi connectivity index (χ1n) is 16.4. The molecule has 2 aromatic heterocycles. The first kappa shape index (κ1) is 28.6. The van der Waals surface area contributed by atoms with Crippen LogP contribution < -0.4 is 0 Å². The molecule has 4 nitrogen and oxygen atoms in total. The lowest BCUT2D eigenvalue weighted by Crippen LogP contribution is -2.00. The number of hydrogen-bond acceptors (Lipinski definition) is 4. The van der Waals surface area contributed by atoms with E-state index in [-0.39, 0.29) is 0 Å². The van der Waals surface area contributed by atoms with Gasteiger partial charge in [-0.25, -0.2) is 15.0 Å². The zero-order valence-corrected chi connectivity index (χ0v) is 26.5. The van der Waals surface area contributed by atoms with Crippen molar-refractivity contribution in [2.24, 2.45) is 0 Å². The van der Waals surface area contributed by atoms with E-state index in [2.05, 4.69) is 146 Å². The molecule has 0 aliphatic carbocycles. The molecule has 0 spiro atoms. The van der Waals surface area contributed by atoms with E-state index in [9.17, 15) is 0 Å². The summed E-state index contributed by atoms with van der Waals surface area (Å²) in [5.41, 5.74) is 11.2. The topological polar surface area (TPSA) is 51.8 Å². The van der Waals surface area contributed by atoms with Gasteiger partial charge in [0.25, 0.3) is 0 Å². The summed E-state index contributed by atoms with van der Waals surface area (Å²) in [5, 5.41) is 2.01. The highest BCUT2D eigenvalue weighted by Crippen LogP contribution is 2.38. The molecule has 2 heterocycles. The third-order valence-corrected chi connectivity index (χ3v) is 8.98. The largest absolute Gasteiger partial charge is 0.456 e. The van der Waals surface area contributed by atoms with E-state index < -0.39 is 0 Å². The summed E-state index contributed by atoms with van der Waals surface area (Å²) >= 11 is 0. The lowest BCUT2D eigenvalue weighted by molar-refractivity contribution is 0.669. The van der Waals surface area contributed by atoms with Crippen LogP contribution in [0.1, 0.15) is 0 Å². The molecule has 0 atom stereocenters. The van der Waals surface area contributed by atoms with Gasteiger partial charge in [0, 0.05) is 27.5 Å². The Kier molecular flexibility index (Phi) is 7.10. The Morgan fingerprint density at radius 1 is 0.306 bits per heavy atom. The average molecular weight is 628 g/mol. The van der Waals surface area contributed by atoms with Crippen molar-refractivity contribution in [1.82, 2.24) is 15.0 Å². The van der Waals surface area contributed by atoms with E-state index >= 15 is 0 Å². The molecule has 0 amide bonds. The Balaban J connectivity index is 1.19. The Morgan fingerprint density at radius 2 is 0.735 bits per heavy atom. The number of aromatic nitrogens is 3. The van der Waals surface area contributed by atoms with Crippen LogP contribution in [0.5, 0.6) is 0 Å². The number of furan rings is 1. The number of nitrogens with zero attached hydrogens (tertiary/aromatic N) is 3. The van der Waals surface area contributed by atoms with Gasteiger partial charge in [0.15, 0.2) is 17.5 Å². The Morgan fingerprint density at radius 3 is 1.27 bits per heavy atom. The van der Waals surface area contributed by atoms with Gasteiger partial charge in [-0.2, -0.15) is 0 Å². The molecule has 0 bridgehead atoms. The molecule has 4 heteroatoms. The van der Waals surface area contributed by atoms with Crippen LogP contribution in [0.25, 0.3) is 89.5 Å². The number of fused-ring (bicyclic) bond motifs is 3. The van der Waals surface area contributed by atoms with Gasteiger partial charge in [-0.3, -0.25) is 0 Å². The molecule has 230 valence electrons. The van der Waals surface area contributed by atoms with Gasteiger partial charge in [0.2, 0.25) is 0 Å². The molecular formula is C45H29N3O. The summed E-state index contributed by atoms with van der Waals surface area (Å²) in [7, 11) is 0. The summed E-state index contributed by atoms with van der Waals surface area (Å²) in [6, 6.07) is 60.4. The Hall–Kier alpha value is -6.65. The van der Waals surface area contributed by atoms with Crippen LogP contribution in [-0.2, 0) is 0 Å². The van der Waals surface area contributed by atoms with Crippen molar-refractivity contribution in [3.05, 3.63) is 176 Å². The highest BCUT2D eigenvalue weighted by atomic mass is 16.3. The molecule has 0 N–H and O–H groups in total. The summed E-state index contributed by atoms with van der Waals surface area (Å²) < 4.78 is 6.45. The van der Waals surface area contributed by atoms with E-state index in [1.165, 1.54) is 11.1 Å². The Labute approximate surface area is 284 Å². The molecule has 49 heavy (non-hydrogen) atoms. The third-order valence-electron chi connectivity index (χ3n) is 8.98. The van der Waals surface area contributed by atoms with Crippen molar-refractivity contribution in [2.75, 3.05) is 0 Å². The standard InChI is InChI=1S/C45H29N3O/c1-4-11-30(12-5-1)33-19-23-35(24-20-33)43-46-44(36-25-21-34(22-26-36)31-13-6-2-7-14-31)48-45(47-43)39-17-10-18-40-42(39)38-28-27-37(29-41(38)49-40)32-15-8-3-9-16-32/h1-29H. The monoisotopic (exact) mass is 627 g/mol. The molecule has 9 rings (SSSR count). The number of rotatable bonds is 6. The summed E-state index contributed by atoms with van der Waals surface area (Å²) in [4.78, 5) is 15.2. The maximum Gasteiger partial charge on any atom is 0.164 e. The molecule has 0 fully saturated rings. The van der Waals surface area contributed by atoms with Crippen molar-refractivity contribution >= 4 is 21.9 Å². The van der Waals surface area contributed by atoms with Crippen LogP contribution in [0.2, 0.25) is 0 Å². The molecule has 0 aliphatic heterocycles. The molecule has 9 aromatic rings. The highest BCUT2D eigenvalue weighted by molar-refractivity contribution is 6.12. The molecular weight excluding hydrogens is 599 g/mol. The van der Waals surface area contributed by atoms with Crippen LogP contribution in [0.3, 0.4) is 0 Å². The normalized spacial score (nSPS) is 11.3. The molecule has 0 saturated heterocycles. The molecule has 0 unspecified atom stereocenters. The van der Waals surface area contributed by atoms with E-state index in [0.717, 1.165) is 60.9 Å². The molecule has 7 aromatic carbocycles. The highest BCUT2D eigenvalue weighted by Gasteiger charge is 2.18. The van der Waals surface area contributed by atoms with Gasteiger partial charge in [0.1, 0.15) is 11.2 Å². The first-order chi connectivity index (χ1) is 24.3. The summed E-state index contributed by atoms with van der Waals surface area (Å²) in [6.45, 7) is 0. The Bertz CT molecular complexity index is 2460. The van der Waals surface area contributed by atoms with Crippen molar-refractivity contribution in [2.45, 2.75) is 0 Å². The van der Waals surface area contributed by atoms with Crippen molar-refractivity contribution in [3.63, 3.8) is 0 Å². The van der Waals surface area contributed by atoms with Gasteiger partial charge in [-0.15, -0.1) is 0 Å². The van der Waals surface area contributed by atoms with Crippen LogP contribution >= 0.6 is 0 Å². The van der Waals surface area contributed by atoms with Crippen LogP contribution in [0.4, 0.5) is 0 Å². The lowest BCUT2D eigenvalue weighted by atomic mass is 10.0. The van der Waals surface area contributed by atoms with Gasteiger partial charge >= 0.3 is 0 Å². The lowest BCUT2D eigenvalue weighted by Gasteiger charge is -2.10. The second-order valence-electron chi connectivity index (χ2n) is 12.1. The fraction of sp³-hybridized carbons (Fsp3) is 0. The van der Waals surface area contributed by atoms with Crippen molar-refractivity contribution < 1.29 is 4.42 Å². The van der Waals surface area contributed by atoms with Crippen LogP contribution in [0.15, 0.2) is 180 Å². The summed E-state index contributed by atoms with van der Waals surface area (Å²) in [6.07, 6.45) is 0. The predicted octanol–water partition coefficient (Wildman–Crippen LogP) is 11.8. The molecule has 0 aliphatic rings. The fourth-order valence-corrected chi connectivity index (χ4v) is 6.46. The minimum atomic E-state index is 0.597. The van der Waals surface area contributed by atoms with Crippen LogP contribution in [0, 0.1) is 0 Å².